The third-order valence-electron chi connectivity index (χ3n) is 6.20. The van der Waals surface area contributed by atoms with Crippen LogP contribution in [0.3, 0.4) is 0 Å². The predicted octanol–water partition coefficient (Wildman–Crippen LogP) is 2.52. The van der Waals surface area contributed by atoms with Crippen LogP contribution in [0.4, 0.5) is 22.0 Å². The van der Waals surface area contributed by atoms with Gasteiger partial charge in [0.2, 0.25) is 11.9 Å². The Morgan fingerprint density at radius 3 is 2.84 bits per heavy atom. The number of amides is 1. The molecule has 0 unspecified atom stereocenters. The molecular formula is C24H28FN9O3. The van der Waals surface area contributed by atoms with Gasteiger partial charge in [-0.15, -0.1) is 0 Å². The Hall–Kier alpha value is -4.55. The number of nitrogens with zero attached hydrogens (tertiary/aromatic N) is 5. The normalized spacial score (nSPS) is 15.8. The second-order valence-electron chi connectivity index (χ2n) is 8.78. The van der Waals surface area contributed by atoms with Gasteiger partial charge in [-0.1, -0.05) is 0 Å². The lowest BCUT2D eigenvalue weighted by Crippen LogP contribution is -2.36. The van der Waals surface area contributed by atoms with Gasteiger partial charge < -0.3 is 31.4 Å². The molecule has 1 amide bonds. The van der Waals surface area contributed by atoms with E-state index in [1.165, 1.54) is 13.0 Å². The first-order valence-corrected chi connectivity index (χ1v) is 11.6. The van der Waals surface area contributed by atoms with E-state index in [1.807, 2.05) is 13.0 Å². The van der Waals surface area contributed by atoms with Gasteiger partial charge in [-0.05, 0) is 38.5 Å². The molecule has 12 nitrogen and oxygen atoms in total. The lowest BCUT2D eigenvalue weighted by atomic mass is 10.0. The van der Waals surface area contributed by atoms with Crippen molar-refractivity contribution in [1.82, 2.24) is 30.2 Å². The SMILES string of the molecule is CC(=O)N[C@@H]1CCN(c2nc3c(C)c(F)ccc3cc2[C@H](C)Nc2nc(N)nc3nc[nH]c23)C1.O=CO. The van der Waals surface area contributed by atoms with Crippen molar-refractivity contribution in [3.63, 3.8) is 0 Å². The predicted molar refractivity (Wildman–Crippen MR) is 138 cm³/mol. The highest BCUT2D eigenvalue weighted by molar-refractivity contribution is 5.86. The molecule has 3 aromatic heterocycles. The molecule has 1 aliphatic heterocycles. The summed E-state index contributed by atoms with van der Waals surface area (Å²) in [5, 5.41) is 14.1. The zero-order valence-electron chi connectivity index (χ0n) is 20.6. The highest BCUT2D eigenvalue weighted by atomic mass is 19.1. The summed E-state index contributed by atoms with van der Waals surface area (Å²) >= 11 is 0. The van der Waals surface area contributed by atoms with Crippen molar-refractivity contribution in [1.29, 1.82) is 0 Å². The van der Waals surface area contributed by atoms with E-state index in [-0.39, 0.29) is 36.2 Å². The summed E-state index contributed by atoms with van der Waals surface area (Å²) in [5.74, 6) is 1.05. The van der Waals surface area contributed by atoms with Gasteiger partial charge in [-0.25, -0.2) is 14.4 Å². The highest BCUT2D eigenvalue weighted by Crippen LogP contribution is 2.34. The number of fused-ring (bicyclic) bond motifs is 2. The van der Waals surface area contributed by atoms with Gasteiger partial charge in [0.1, 0.15) is 17.2 Å². The number of aromatic nitrogens is 5. The van der Waals surface area contributed by atoms with Crippen LogP contribution < -0.4 is 21.3 Å². The number of benzene rings is 1. The van der Waals surface area contributed by atoms with E-state index < -0.39 is 0 Å². The van der Waals surface area contributed by atoms with E-state index in [4.69, 9.17) is 20.6 Å². The highest BCUT2D eigenvalue weighted by Gasteiger charge is 2.28. The smallest absolute Gasteiger partial charge is 0.290 e. The van der Waals surface area contributed by atoms with Crippen molar-refractivity contribution < 1.29 is 19.1 Å². The minimum Gasteiger partial charge on any atom is -0.483 e. The summed E-state index contributed by atoms with van der Waals surface area (Å²) in [4.78, 5) is 42.7. The van der Waals surface area contributed by atoms with Crippen LogP contribution in [0.25, 0.3) is 22.1 Å². The summed E-state index contributed by atoms with van der Waals surface area (Å²) in [6, 6.07) is 5.04. The van der Waals surface area contributed by atoms with Gasteiger partial charge in [0.15, 0.2) is 11.5 Å². The van der Waals surface area contributed by atoms with E-state index in [0.29, 0.717) is 34.6 Å². The third kappa shape index (κ3) is 5.34. The molecule has 0 radical (unpaired) electrons. The van der Waals surface area contributed by atoms with Crippen LogP contribution in [0.1, 0.15) is 37.4 Å². The molecule has 1 aromatic carbocycles. The third-order valence-corrected chi connectivity index (χ3v) is 6.20. The van der Waals surface area contributed by atoms with Crippen LogP contribution >= 0.6 is 0 Å². The largest absolute Gasteiger partial charge is 0.483 e. The molecule has 0 spiro atoms. The molecule has 0 bridgehead atoms. The van der Waals surface area contributed by atoms with Crippen molar-refractivity contribution in [2.24, 2.45) is 0 Å². The first-order chi connectivity index (χ1) is 17.7. The molecule has 6 N–H and O–H groups in total. The van der Waals surface area contributed by atoms with Gasteiger partial charge in [0.05, 0.1) is 17.9 Å². The molecule has 1 aliphatic rings. The van der Waals surface area contributed by atoms with Crippen LogP contribution in [0.2, 0.25) is 0 Å². The Kier molecular flexibility index (Phi) is 7.32. The Labute approximate surface area is 211 Å². The number of aromatic amines is 1. The number of hydrogen-bond donors (Lipinski definition) is 5. The molecule has 2 atom stereocenters. The van der Waals surface area contributed by atoms with E-state index in [0.717, 1.165) is 29.7 Å². The number of carbonyl (C=O) groups excluding carboxylic acids is 1. The number of carbonyl (C=O) groups is 2. The summed E-state index contributed by atoms with van der Waals surface area (Å²) in [6.07, 6.45) is 2.35. The maximum absolute atomic E-state index is 14.3. The standard InChI is InChI=1S/C23H26FN9O.CH2O2/c1-11-17(24)5-4-14-8-16(12(2)28-21-19-20(27-10-26-19)31-23(25)32-21)22(30-18(11)14)33-7-6-15(9-33)29-13(3)34;2-1-3/h4-5,8,10,12,15H,6-7,9H2,1-3H3,(H,29,34)(H4,25,26,27,28,31,32);1H,(H,2,3)/t12-,15+;/m0./s1. The molecule has 0 aliphatic carbocycles. The fraction of sp³-hybridized carbons (Fsp3) is 0.333. The van der Waals surface area contributed by atoms with Crippen LogP contribution in [0, 0.1) is 12.7 Å². The van der Waals surface area contributed by atoms with Crippen molar-refractivity contribution >= 4 is 52.0 Å². The average molecular weight is 510 g/mol. The van der Waals surface area contributed by atoms with Crippen molar-refractivity contribution in [3.8, 4) is 0 Å². The number of pyridine rings is 1. The van der Waals surface area contributed by atoms with Gasteiger partial charge in [0.25, 0.3) is 6.47 Å². The number of carboxylic acid groups (broad SMARTS) is 1. The van der Waals surface area contributed by atoms with Gasteiger partial charge in [-0.3, -0.25) is 9.59 Å². The number of nitrogens with one attached hydrogen (secondary N) is 3. The minimum atomic E-state index is -0.291. The lowest BCUT2D eigenvalue weighted by molar-refractivity contribution is -0.123. The second-order valence-corrected chi connectivity index (χ2v) is 8.78. The fourth-order valence-corrected chi connectivity index (χ4v) is 4.53. The quantitative estimate of drug-likeness (QED) is 0.251. The van der Waals surface area contributed by atoms with E-state index in [2.05, 4.69) is 35.5 Å². The second kappa shape index (κ2) is 10.6. The molecule has 0 saturated carbocycles. The van der Waals surface area contributed by atoms with E-state index in [9.17, 15) is 9.18 Å². The molecule has 37 heavy (non-hydrogen) atoms. The van der Waals surface area contributed by atoms with Crippen LogP contribution in [0.15, 0.2) is 24.5 Å². The molecular weight excluding hydrogens is 481 g/mol. The van der Waals surface area contributed by atoms with Gasteiger partial charge in [0, 0.05) is 42.6 Å². The Balaban J connectivity index is 0.00000102. The van der Waals surface area contributed by atoms with E-state index >= 15 is 0 Å². The number of imidazole rings is 1. The summed E-state index contributed by atoms with van der Waals surface area (Å²) in [6.45, 7) is 6.35. The lowest BCUT2D eigenvalue weighted by Gasteiger charge is -2.26. The number of aryl methyl sites for hydroxylation is 1. The number of H-pyrrole nitrogens is 1. The monoisotopic (exact) mass is 509 g/mol. The molecule has 1 fully saturated rings. The number of nitrogen functional groups attached to an aromatic ring is 1. The summed E-state index contributed by atoms with van der Waals surface area (Å²) < 4.78 is 14.3. The summed E-state index contributed by atoms with van der Waals surface area (Å²) in [7, 11) is 0. The maximum atomic E-state index is 14.3. The summed E-state index contributed by atoms with van der Waals surface area (Å²) in [5.41, 5.74) is 9.06. The number of hydrogen-bond acceptors (Lipinski definition) is 9. The van der Waals surface area contributed by atoms with Crippen LogP contribution in [-0.2, 0) is 9.59 Å². The zero-order chi connectivity index (χ0) is 26.7. The number of nitrogens with two attached hydrogens (primary N) is 1. The molecule has 13 heteroatoms. The van der Waals surface area contributed by atoms with Gasteiger partial charge in [-0.2, -0.15) is 9.97 Å². The number of rotatable bonds is 5. The fourth-order valence-electron chi connectivity index (χ4n) is 4.53. The number of halogens is 1. The van der Waals surface area contributed by atoms with Gasteiger partial charge >= 0.3 is 0 Å². The van der Waals surface area contributed by atoms with Crippen molar-refractivity contribution in [2.75, 3.05) is 29.0 Å². The molecule has 194 valence electrons. The topological polar surface area (TPSA) is 175 Å². The Morgan fingerprint density at radius 2 is 2.11 bits per heavy atom. The Bertz CT molecular complexity index is 1460. The Morgan fingerprint density at radius 1 is 1.35 bits per heavy atom. The van der Waals surface area contributed by atoms with E-state index in [1.54, 1.807) is 19.3 Å². The first kappa shape index (κ1) is 25.5. The minimum absolute atomic E-state index is 0.0333. The molecule has 5 rings (SSSR count). The molecule has 4 heterocycles. The first-order valence-electron chi connectivity index (χ1n) is 11.6. The molecule has 1 saturated heterocycles. The van der Waals surface area contributed by atoms with Crippen molar-refractivity contribution in [3.05, 3.63) is 41.5 Å². The number of anilines is 3. The van der Waals surface area contributed by atoms with Crippen molar-refractivity contribution in [2.45, 2.75) is 39.3 Å². The van der Waals surface area contributed by atoms with Crippen LogP contribution in [0.5, 0.6) is 0 Å². The average Bonchev–Trinajstić information content (AvgIpc) is 3.50. The van der Waals surface area contributed by atoms with Crippen LogP contribution in [-0.4, -0.2) is 61.5 Å². The molecule has 4 aromatic rings. The zero-order valence-corrected chi connectivity index (χ0v) is 20.6. The maximum Gasteiger partial charge on any atom is 0.290 e.